The minimum Gasteiger partial charge on any atom is -0.330 e. The first-order chi connectivity index (χ1) is 4.58. The Kier molecular flexibility index (Phi) is 1.71. The molecule has 60 valence electrons. The van der Waals surface area contributed by atoms with Crippen LogP contribution in [0.5, 0.6) is 0 Å². The standard InChI is InChI=1S/C7H13F2N/c1-2-3-6(5-10)4-7(6,8)9/h2-5,10H2,1H3. The summed E-state index contributed by atoms with van der Waals surface area (Å²) in [6, 6.07) is 0. The summed E-state index contributed by atoms with van der Waals surface area (Å²) < 4.78 is 25.1. The Morgan fingerprint density at radius 1 is 1.50 bits per heavy atom. The topological polar surface area (TPSA) is 26.0 Å². The maximum atomic E-state index is 12.6. The van der Waals surface area contributed by atoms with E-state index in [1.54, 1.807) is 0 Å². The summed E-state index contributed by atoms with van der Waals surface area (Å²) in [4.78, 5) is 0. The molecule has 1 fully saturated rings. The van der Waals surface area contributed by atoms with E-state index in [1.165, 1.54) is 0 Å². The highest BCUT2D eigenvalue weighted by atomic mass is 19.3. The van der Waals surface area contributed by atoms with Crippen LogP contribution in [0.4, 0.5) is 8.78 Å². The van der Waals surface area contributed by atoms with Crippen LogP contribution in [-0.4, -0.2) is 12.5 Å². The van der Waals surface area contributed by atoms with Crippen LogP contribution in [0, 0.1) is 5.41 Å². The molecule has 10 heavy (non-hydrogen) atoms. The van der Waals surface area contributed by atoms with Crippen LogP contribution in [0.15, 0.2) is 0 Å². The van der Waals surface area contributed by atoms with Crippen LogP contribution < -0.4 is 5.73 Å². The molecule has 0 amide bonds. The molecule has 2 N–H and O–H groups in total. The van der Waals surface area contributed by atoms with Crippen molar-refractivity contribution in [3.63, 3.8) is 0 Å². The van der Waals surface area contributed by atoms with E-state index in [0.29, 0.717) is 6.42 Å². The van der Waals surface area contributed by atoms with Crippen LogP contribution in [0.2, 0.25) is 0 Å². The fraction of sp³-hybridized carbons (Fsp3) is 1.00. The molecule has 0 bridgehead atoms. The molecule has 1 aliphatic carbocycles. The Hall–Kier alpha value is -0.180. The zero-order valence-electron chi connectivity index (χ0n) is 6.16. The lowest BCUT2D eigenvalue weighted by Gasteiger charge is -2.10. The second kappa shape index (κ2) is 2.16. The van der Waals surface area contributed by atoms with Crippen molar-refractivity contribution in [3.8, 4) is 0 Å². The zero-order chi connectivity index (χ0) is 7.83. The van der Waals surface area contributed by atoms with Gasteiger partial charge in [0.1, 0.15) is 0 Å². The molecule has 1 saturated carbocycles. The maximum Gasteiger partial charge on any atom is 0.255 e. The Balaban J connectivity index is 2.50. The van der Waals surface area contributed by atoms with Gasteiger partial charge in [0, 0.05) is 13.0 Å². The number of alkyl halides is 2. The van der Waals surface area contributed by atoms with Gasteiger partial charge in [-0.3, -0.25) is 0 Å². The molecule has 0 aromatic heterocycles. The van der Waals surface area contributed by atoms with Gasteiger partial charge in [-0.1, -0.05) is 13.3 Å². The van der Waals surface area contributed by atoms with Crippen LogP contribution in [0.1, 0.15) is 26.2 Å². The molecular weight excluding hydrogens is 136 g/mol. The van der Waals surface area contributed by atoms with Crippen LogP contribution in [0.3, 0.4) is 0 Å². The largest absolute Gasteiger partial charge is 0.330 e. The highest BCUT2D eigenvalue weighted by molar-refractivity contribution is 5.10. The monoisotopic (exact) mass is 149 g/mol. The van der Waals surface area contributed by atoms with Crippen molar-refractivity contribution < 1.29 is 8.78 Å². The van der Waals surface area contributed by atoms with Gasteiger partial charge in [-0.2, -0.15) is 0 Å². The third kappa shape index (κ3) is 0.926. The van der Waals surface area contributed by atoms with Crippen LogP contribution >= 0.6 is 0 Å². The third-order valence-electron chi connectivity index (χ3n) is 2.33. The molecule has 0 aromatic rings. The summed E-state index contributed by atoms with van der Waals surface area (Å²) in [6.45, 7) is 2.04. The maximum absolute atomic E-state index is 12.6. The average molecular weight is 149 g/mol. The van der Waals surface area contributed by atoms with Crippen molar-refractivity contribution >= 4 is 0 Å². The number of hydrogen-bond acceptors (Lipinski definition) is 1. The molecular formula is C7H13F2N. The number of nitrogens with two attached hydrogens (primary N) is 1. The van der Waals surface area contributed by atoms with Gasteiger partial charge < -0.3 is 5.73 Å². The summed E-state index contributed by atoms with van der Waals surface area (Å²) in [5, 5.41) is 0. The van der Waals surface area contributed by atoms with Gasteiger partial charge >= 0.3 is 0 Å². The van der Waals surface area contributed by atoms with Crippen molar-refractivity contribution in [3.05, 3.63) is 0 Å². The first kappa shape index (κ1) is 7.92. The van der Waals surface area contributed by atoms with Gasteiger partial charge in [0.05, 0.1) is 5.41 Å². The third-order valence-corrected chi connectivity index (χ3v) is 2.33. The van der Waals surface area contributed by atoms with Gasteiger partial charge in [0.15, 0.2) is 0 Å². The lowest BCUT2D eigenvalue weighted by molar-refractivity contribution is 0.0630. The fourth-order valence-corrected chi connectivity index (χ4v) is 1.45. The highest BCUT2D eigenvalue weighted by Crippen LogP contribution is 2.62. The van der Waals surface area contributed by atoms with E-state index in [4.69, 9.17) is 5.73 Å². The van der Waals surface area contributed by atoms with E-state index < -0.39 is 11.3 Å². The molecule has 1 unspecified atom stereocenters. The summed E-state index contributed by atoms with van der Waals surface area (Å²) in [6.07, 6.45) is 1.37. The normalized spacial score (nSPS) is 36.0. The van der Waals surface area contributed by atoms with Crippen LogP contribution in [-0.2, 0) is 0 Å². The van der Waals surface area contributed by atoms with Crippen molar-refractivity contribution in [1.82, 2.24) is 0 Å². The molecule has 0 radical (unpaired) electrons. The van der Waals surface area contributed by atoms with Gasteiger partial charge in [-0.15, -0.1) is 0 Å². The second-order valence-electron chi connectivity index (χ2n) is 3.12. The minimum absolute atomic E-state index is 0.00431. The molecule has 0 aliphatic heterocycles. The molecule has 1 aliphatic rings. The zero-order valence-corrected chi connectivity index (χ0v) is 6.16. The van der Waals surface area contributed by atoms with E-state index in [9.17, 15) is 8.78 Å². The average Bonchev–Trinajstić information content (AvgIpc) is 2.37. The number of halogens is 2. The molecule has 3 heteroatoms. The number of hydrogen-bond donors (Lipinski definition) is 1. The molecule has 1 rings (SSSR count). The quantitative estimate of drug-likeness (QED) is 0.650. The van der Waals surface area contributed by atoms with Gasteiger partial charge in [-0.05, 0) is 6.42 Å². The fourth-order valence-electron chi connectivity index (χ4n) is 1.45. The van der Waals surface area contributed by atoms with E-state index in [0.717, 1.165) is 6.42 Å². The molecule has 0 aromatic carbocycles. The first-order valence-electron chi connectivity index (χ1n) is 3.66. The van der Waals surface area contributed by atoms with Gasteiger partial charge in [0.25, 0.3) is 5.92 Å². The summed E-state index contributed by atoms with van der Waals surface area (Å²) in [5.41, 5.74) is 4.43. The van der Waals surface area contributed by atoms with E-state index in [-0.39, 0.29) is 13.0 Å². The Labute approximate surface area is 59.6 Å². The molecule has 0 heterocycles. The molecule has 1 atom stereocenters. The van der Waals surface area contributed by atoms with E-state index in [1.807, 2.05) is 6.92 Å². The summed E-state index contributed by atoms with van der Waals surface area (Å²) in [5.74, 6) is -2.46. The SMILES string of the molecule is CCCC1(CN)CC1(F)F. The van der Waals surface area contributed by atoms with Crippen molar-refractivity contribution in [2.45, 2.75) is 32.1 Å². The minimum atomic E-state index is -2.46. The van der Waals surface area contributed by atoms with Crippen LogP contribution in [0.25, 0.3) is 0 Å². The predicted octanol–water partition coefficient (Wildman–Crippen LogP) is 1.77. The van der Waals surface area contributed by atoms with Crippen molar-refractivity contribution in [2.75, 3.05) is 6.54 Å². The van der Waals surface area contributed by atoms with Crippen molar-refractivity contribution in [1.29, 1.82) is 0 Å². The van der Waals surface area contributed by atoms with E-state index >= 15 is 0 Å². The van der Waals surface area contributed by atoms with Crippen molar-refractivity contribution in [2.24, 2.45) is 11.1 Å². The molecule has 1 nitrogen and oxygen atoms in total. The predicted molar refractivity (Wildman–Crippen MR) is 36.0 cm³/mol. The highest BCUT2D eigenvalue weighted by Gasteiger charge is 2.69. The Morgan fingerprint density at radius 2 is 2.00 bits per heavy atom. The summed E-state index contributed by atoms with van der Waals surface area (Å²) in [7, 11) is 0. The summed E-state index contributed by atoms with van der Waals surface area (Å²) >= 11 is 0. The lowest BCUT2D eigenvalue weighted by Crippen LogP contribution is -2.22. The van der Waals surface area contributed by atoms with E-state index in [2.05, 4.69) is 0 Å². The first-order valence-corrected chi connectivity index (χ1v) is 3.66. The number of rotatable bonds is 3. The smallest absolute Gasteiger partial charge is 0.255 e. The second-order valence-corrected chi connectivity index (χ2v) is 3.12. The Morgan fingerprint density at radius 3 is 2.10 bits per heavy atom. The molecule has 0 saturated heterocycles. The van der Waals surface area contributed by atoms with Gasteiger partial charge in [0.2, 0.25) is 0 Å². The molecule has 0 spiro atoms. The van der Waals surface area contributed by atoms with Gasteiger partial charge in [-0.25, -0.2) is 8.78 Å². The lowest BCUT2D eigenvalue weighted by atomic mass is 10.0. The Bertz CT molecular complexity index is 136.